The van der Waals surface area contributed by atoms with Crippen LogP contribution in [0.25, 0.3) is 0 Å². The molecule has 1 spiro atoms. The Morgan fingerprint density at radius 1 is 1.14 bits per heavy atom. The van der Waals surface area contributed by atoms with Crippen molar-refractivity contribution in [1.82, 2.24) is 5.32 Å². The fourth-order valence-electron chi connectivity index (χ4n) is 5.33. The number of fused-ring (bicyclic) bond motifs is 1. The third-order valence-corrected chi connectivity index (χ3v) is 7.04. The van der Waals surface area contributed by atoms with Crippen LogP contribution in [-0.2, 0) is 16.0 Å². The molecule has 2 aromatic carbocycles. The Bertz CT molecular complexity index is 1210. The number of amides is 4. The van der Waals surface area contributed by atoms with E-state index in [2.05, 4.69) is 5.32 Å². The highest BCUT2D eigenvalue weighted by molar-refractivity contribution is 6.30. The Kier molecular flexibility index (Phi) is 6.96. The second kappa shape index (κ2) is 9.96. The third-order valence-electron chi connectivity index (χ3n) is 7.04. The minimum Gasteiger partial charge on any atom is -0.497 e. The molecule has 0 bridgehead atoms. The summed E-state index contributed by atoms with van der Waals surface area (Å²) in [7, 11) is 1.48. The van der Waals surface area contributed by atoms with E-state index in [4.69, 9.17) is 4.74 Å². The van der Waals surface area contributed by atoms with Crippen LogP contribution in [0.1, 0.15) is 45.1 Å². The van der Waals surface area contributed by atoms with Crippen LogP contribution in [0.5, 0.6) is 5.75 Å². The number of nitrogens with one attached hydrogen (secondary N) is 1. The molecule has 4 rings (SSSR count). The molecule has 190 valence electrons. The fraction of sp³-hybridized carbons (Fsp3) is 0.423. The molecule has 10 heteroatoms. The second-order valence-electron chi connectivity index (χ2n) is 9.17. The number of carbonyl (C=O) groups is 3. The van der Waals surface area contributed by atoms with Crippen LogP contribution in [0.2, 0.25) is 0 Å². The van der Waals surface area contributed by atoms with E-state index in [0.717, 1.165) is 23.4 Å². The predicted octanol–water partition coefficient (Wildman–Crippen LogP) is 4.20. The van der Waals surface area contributed by atoms with Gasteiger partial charge in [-0.25, -0.2) is 9.69 Å². The molecule has 1 N–H and O–H groups in total. The third kappa shape index (κ3) is 4.06. The van der Waals surface area contributed by atoms with Gasteiger partial charge in [-0.1, -0.05) is 32.8 Å². The minimum absolute atomic E-state index is 0.0459. The normalized spacial score (nSPS) is 21.4. The molecule has 0 saturated carbocycles. The summed E-state index contributed by atoms with van der Waals surface area (Å²) in [6.07, 6.45) is 2.88. The Morgan fingerprint density at radius 2 is 1.92 bits per heavy atom. The van der Waals surface area contributed by atoms with E-state index in [1.165, 1.54) is 19.2 Å². The van der Waals surface area contributed by atoms with Gasteiger partial charge in [0.1, 0.15) is 5.75 Å². The fourth-order valence-corrected chi connectivity index (χ4v) is 5.33. The number of urea groups is 1. The number of hydrogen-bond donors (Lipinski definition) is 1. The van der Waals surface area contributed by atoms with Crippen molar-refractivity contribution >= 4 is 34.9 Å². The summed E-state index contributed by atoms with van der Waals surface area (Å²) >= 11 is 0. The molecule has 0 aromatic heterocycles. The second-order valence-corrected chi connectivity index (χ2v) is 9.17. The molecule has 1 saturated heterocycles. The number of non-ortho nitro benzene ring substituents is 1. The van der Waals surface area contributed by atoms with Crippen LogP contribution in [0.4, 0.5) is 21.9 Å². The molecule has 0 unspecified atom stereocenters. The number of benzene rings is 2. The van der Waals surface area contributed by atoms with Gasteiger partial charge < -0.3 is 9.64 Å². The lowest BCUT2D eigenvalue weighted by Gasteiger charge is -2.52. The maximum absolute atomic E-state index is 14.3. The SMILES string of the molecule is CCCCN1c2ccc([N+](=O)[O-])cc2C[C@@]2(C(=O)NC(=O)N(c3cccc(OC)c3)C2=O)[C@H]1CCC. The topological polar surface area (TPSA) is 122 Å². The van der Waals surface area contributed by atoms with Crippen molar-refractivity contribution in [2.75, 3.05) is 23.5 Å². The molecule has 2 atom stereocenters. The Hall–Kier alpha value is -3.95. The first-order valence-electron chi connectivity index (χ1n) is 12.2. The van der Waals surface area contributed by atoms with Crippen LogP contribution in [0.15, 0.2) is 42.5 Å². The molecule has 10 nitrogen and oxygen atoms in total. The summed E-state index contributed by atoms with van der Waals surface area (Å²) in [6.45, 7) is 4.60. The van der Waals surface area contributed by atoms with Gasteiger partial charge in [-0.3, -0.25) is 25.0 Å². The average molecular weight is 495 g/mol. The van der Waals surface area contributed by atoms with Crippen molar-refractivity contribution in [1.29, 1.82) is 0 Å². The van der Waals surface area contributed by atoms with Crippen LogP contribution in [0.3, 0.4) is 0 Å². The standard InChI is InChI=1S/C26H30N4O6/c1-4-6-13-28-21-12-11-19(30(34)35)14-17(21)16-26(22(28)8-5-2)23(31)27-25(33)29(24(26)32)18-9-7-10-20(15-18)36-3/h7,9-12,14-15,22H,4-6,8,13,16H2,1-3H3,(H,27,31,33)/t22-,26+/m1/s1. The number of ether oxygens (including phenoxy) is 1. The molecule has 4 amide bonds. The van der Waals surface area contributed by atoms with Gasteiger partial charge in [0.05, 0.1) is 23.8 Å². The smallest absolute Gasteiger partial charge is 0.335 e. The summed E-state index contributed by atoms with van der Waals surface area (Å²) in [5.41, 5.74) is -0.149. The maximum Gasteiger partial charge on any atom is 0.335 e. The van der Waals surface area contributed by atoms with E-state index in [1.54, 1.807) is 30.3 Å². The summed E-state index contributed by atoms with van der Waals surface area (Å²) in [5, 5.41) is 13.9. The van der Waals surface area contributed by atoms with Crippen LogP contribution < -0.4 is 19.9 Å². The predicted molar refractivity (Wildman–Crippen MR) is 134 cm³/mol. The van der Waals surface area contributed by atoms with Gasteiger partial charge in [-0.15, -0.1) is 0 Å². The van der Waals surface area contributed by atoms with Crippen molar-refractivity contribution in [2.45, 2.75) is 52.0 Å². The van der Waals surface area contributed by atoms with Gasteiger partial charge in [0.2, 0.25) is 5.91 Å². The number of unbranched alkanes of at least 4 members (excludes halogenated alkanes) is 1. The maximum atomic E-state index is 14.3. The number of nitro groups is 1. The molecule has 2 aliphatic heterocycles. The number of anilines is 2. The number of carbonyl (C=O) groups excluding carboxylic acids is 3. The first kappa shape index (κ1) is 25.2. The highest BCUT2D eigenvalue weighted by Gasteiger charge is 2.62. The molecule has 0 radical (unpaired) electrons. The lowest BCUT2D eigenvalue weighted by atomic mass is 9.67. The zero-order valence-corrected chi connectivity index (χ0v) is 20.7. The lowest BCUT2D eigenvalue weighted by Crippen LogP contribution is -2.72. The Balaban J connectivity index is 1.91. The average Bonchev–Trinajstić information content (AvgIpc) is 2.86. The van der Waals surface area contributed by atoms with E-state index >= 15 is 0 Å². The molecule has 2 aliphatic rings. The van der Waals surface area contributed by atoms with Gasteiger partial charge in [-0.05, 0) is 36.6 Å². The zero-order chi connectivity index (χ0) is 26.0. The van der Waals surface area contributed by atoms with Gasteiger partial charge in [-0.2, -0.15) is 0 Å². The first-order chi connectivity index (χ1) is 17.3. The van der Waals surface area contributed by atoms with Crippen molar-refractivity contribution in [3.8, 4) is 5.75 Å². The summed E-state index contributed by atoms with van der Waals surface area (Å²) in [4.78, 5) is 55.0. The molecular formula is C26H30N4O6. The minimum atomic E-state index is -1.64. The van der Waals surface area contributed by atoms with Crippen molar-refractivity contribution < 1.29 is 24.0 Å². The number of nitrogens with zero attached hydrogens (tertiary/aromatic N) is 3. The lowest BCUT2D eigenvalue weighted by molar-refractivity contribution is -0.384. The van der Waals surface area contributed by atoms with Gasteiger partial charge in [0, 0.05) is 36.9 Å². The molecular weight excluding hydrogens is 464 g/mol. The first-order valence-corrected chi connectivity index (χ1v) is 12.2. The van der Waals surface area contributed by atoms with Gasteiger partial charge >= 0.3 is 6.03 Å². The number of rotatable bonds is 8. The van der Waals surface area contributed by atoms with E-state index in [-0.39, 0.29) is 17.8 Å². The molecule has 2 aromatic rings. The molecule has 36 heavy (non-hydrogen) atoms. The highest BCUT2D eigenvalue weighted by Crippen LogP contribution is 2.47. The monoisotopic (exact) mass is 494 g/mol. The number of hydrogen-bond acceptors (Lipinski definition) is 7. The highest BCUT2D eigenvalue weighted by atomic mass is 16.6. The number of barbiturate groups is 1. The summed E-state index contributed by atoms with van der Waals surface area (Å²) < 4.78 is 5.27. The molecule has 0 aliphatic carbocycles. The number of methoxy groups -OCH3 is 1. The molecule has 2 heterocycles. The van der Waals surface area contributed by atoms with Crippen LogP contribution in [0, 0.1) is 15.5 Å². The van der Waals surface area contributed by atoms with Crippen molar-refractivity contribution in [3.63, 3.8) is 0 Å². The zero-order valence-electron chi connectivity index (χ0n) is 20.7. The van der Waals surface area contributed by atoms with Gasteiger partial charge in [0.25, 0.3) is 11.6 Å². The van der Waals surface area contributed by atoms with Crippen molar-refractivity contribution in [2.24, 2.45) is 5.41 Å². The van der Waals surface area contributed by atoms with E-state index in [0.29, 0.717) is 30.7 Å². The van der Waals surface area contributed by atoms with E-state index in [9.17, 15) is 24.5 Å². The Morgan fingerprint density at radius 3 is 2.58 bits per heavy atom. The summed E-state index contributed by atoms with van der Waals surface area (Å²) in [6, 6.07) is 9.75. The number of nitro benzene ring substituents is 1. The van der Waals surface area contributed by atoms with E-state index < -0.39 is 34.2 Å². The largest absolute Gasteiger partial charge is 0.497 e. The quantitative estimate of drug-likeness (QED) is 0.331. The van der Waals surface area contributed by atoms with Crippen LogP contribution >= 0.6 is 0 Å². The van der Waals surface area contributed by atoms with E-state index in [1.807, 2.05) is 18.7 Å². The Labute approximate surface area is 209 Å². The number of imide groups is 2. The van der Waals surface area contributed by atoms with Crippen molar-refractivity contribution in [3.05, 3.63) is 58.1 Å². The molecule has 1 fully saturated rings. The summed E-state index contributed by atoms with van der Waals surface area (Å²) in [5.74, 6) is -0.853. The van der Waals surface area contributed by atoms with Crippen LogP contribution in [-0.4, -0.2) is 42.5 Å². The van der Waals surface area contributed by atoms with Gasteiger partial charge in [0.15, 0.2) is 5.41 Å².